The molecule has 7 heteroatoms. The monoisotopic (exact) mass is 369 g/mol. The first kappa shape index (κ1) is 24.2. The van der Waals surface area contributed by atoms with Gasteiger partial charge in [0.05, 0.1) is 0 Å². The van der Waals surface area contributed by atoms with Crippen LogP contribution < -0.4 is 29.6 Å². The molecule has 0 aliphatic rings. The number of benzene rings is 1. The molecule has 0 radical (unpaired) electrons. The van der Waals surface area contributed by atoms with E-state index in [-0.39, 0.29) is 49.2 Å². The molecule has 0 atom stereocenters. The third-order valence-electron chi connectivity index (χ3n) is 3.11. The maximum Gasteiger partial charge on any atom is 1.00 e. The standard InChI is InChI=1S/C19H23NO5.Na.H/c1-13(2)16(18(22)25-19(23)17(21)14(3)4)20-24-12-8-11-15-9-6-5-7-10-15;;/h5-11,13-14H,12H2,1-4H3;;/q;+1;-1/b11-8+,20-16?;;. The van der Waals surface area contributed by atoms with Crippen molar-refractivity contribution in [3.8, 4) is 0 Å². The number of carbonyl (C=O) groups excluding carboxylic acids is 3. The molecule has 1 aromatic rings. The van der Waals surface area contributed by atoms with Crippen molar-refractivity contribution >= 4 is 29.5 Å². The van der Waals surface area contributed by atoms with Crippen LogP contribution in [0.4, 0.5) is 0 Å². The third kappa shape index (κ3) is 8.56. The topological polar surface area (TPSA) is 82.0 Å². The van der Waals surface area contributed by atoms with E-state index in [1.807, 2.05) is 36.4 Å². The maximum absolute atomic E-state index is 12.0. The fourth-order valence-corrected chi connectivity index (χ4v) is 1.70. The minimum Gasteiger partial charge on any atom is -1.00 e. The van der Waals surface area contributed by atoms with Gasteiger partial charge in [0.25, 0.3) is 0 Å². The normalized spacial score (nSPS) is 11.4. The van der Waals surface area contributed by atoms with Crippen molar-refractivity contribution in [2.45, 2.75) is 27.7 Å². The Morgan fingerprint density at radius 1 is 1.04 bits per heavy atom. The van der Waals surface area contributed by atoms with Gasteiger partial charge in [0.2, 0.25) is 5.78 Å². The van der Waals surface area contributed by atoms with Crippen LogP contribution in [-0.2, 0) is 24.0 Å². The van der Waals surface area contributed by atoms with Crippen molar-refractivity contribution in [2.75, 3.05) is 6.61 Å². The van der Waals surface area contributed by atoms with Crippen LogP contribution in [0.3, 0.4) is 0 Å². The molecule has 0 saturated heterocycles. The van der Waals surface area contributed by atoms with E-state index >= 15 is 0 Å². The number of ether oxygens (including phenoxy) is 1. The average Bonchev–Trinajstić information content (AvgIpc) is 2.57. The van der Waals surface area contributed by atoms with Crippen molar-refractivity contribution in [1.29, 1.82) is 0 Å². The van der Waals surface area contributed by atoms with Gasteiger partial charge in [0, 0.05) is 11.8 Å². The molecule has 0 fully saturated rings. The van der Waals surface area contributed by atoms with Crippen LogP contribution >= 0.6 is 0 Å². The van der Waals surface area contributed by atoms with Gasteiger partial charge in [-0.2, -0.15) is 0 Å². The molecular weight excluding hydrogens is 345 g/mol. The molecule has 0 heterocycles. The van der Waals surface area contributed by atoms with Crippen molar-refractivity contribution in [1.82, 2.24) is 0 Å². The summed E-state index contributed by atoms with van der Waals surface area (Å²) in [6.07, 6.45) is 3.60. The Morgan fingerprint density at radius 2 is 1.65 bits per heavy atom. The fourth-order valence-electron chi connectivity index (χ4n) is 1.70. The molecule has 1 aromatic carbocycles. The summed E-state index contributed by atoms with van der Waals surface area (Å²) in [5.74, 6) is -3.78. The molecular formula is C19H24NNaO5. The number of hydrogen-bond donors (Lipinski definition) is 0. The minimum absolute atomic E-state index is 0. The Bertz CT molecular complexity index is 672. The van der Waals surface area contributed by atoms with Crippen LogP contribution in [0.1, 0.15) is 34.7 Å². The molecule has 0 saturated carbocycles. The molecule has 0 aromatic heterocycles. The van der Waals surface area contributed by atoms with E-state index in [0.717, 1.165) is 5.56 Å². The molecule has 0 aliphatic carbocycles. The Hall–Kier alpha value is -1.76. The van der Waals surface area contributed by atoms with Crippen LogP contribution in [0.5, 0.6) is 0 Å². The predicted molar refractivity (Wildman–Crippen MR) is 95.8 cm³/mol. The Kier molecular flexibility index (Phi) is 11.7. The maximum atomic E-state index is 12.0. The summed E-state index contributed by atoms with van der Waals surface area (Å²) in [6.45, 7) is 6.66. The van der Waals surface area contributed by atoms with Crippen LogP contribution in [0.15, 0.2) is 41.6 Å². The summed E-state index contributed by atoms with van der Waals surface area (Å²) >= 11 is 0. The first-order chi connectivity index (χ1) is 11.8. The summed E-state index contributed by atoms with van der Waals surface area (Å²) in [5, 5.41) is 3.74. The molecule has 0 spiro atoms. The Labute approximate surface area is 177 Å². The zero-order chi connectivity index (χ0) is 18.8. The number of ketones is 1. The summed E-state index contributed by atoms with van der Waals surface area (Å²) in [4.78, 5) is 40.1. The minimum atomic E-state index is -1.18. The van der Waals surface area contributed by atoms with E-state index in [1.54, 1.807) is 33.8 Å². The number of oxime groups is 1. The quantitative estimate of drug-likeness (QED) is 0.124. The first-order valence-corrected chi connectivity index (χ1v) is 8.04. The fraction of sp³-hybridized carbons (Fsp3) is 0.368. The summed E-state index contributed by atoms with van der Waals surface area (Å²) in [7, 11) is 0. The van der Waals surface area contributed by atoms with Gasteiger partial charge in [-0.15, -0.1) is 0 Å². The molecule has 0 N–H and O–H groups in total. The molecule has 26 heavy (non-hydrogen) atoms. The number of hydrogen-bond acceptors (Lipinski definition) is 6. The molecule has 0 aliphatic heterocycles. The number of rotatable bonds is 8. The molecule has 0 unspecified atom stereocenters. The van der Waals surface area contributed by atoms with Gasteiger partial charge in [-0.3, -0.25) is 4.79 Å². The zero-order valence-electron chi connectivity index (χ0n) is 16.9. The van der Waals surface area contributed by atoms with E-state index in [4.69, 9.17) is 4.84 Å². The van der Waals surface area contributed by atoms with E-state index in [1.165, 1.54) is 0 Å². The van der Waals surface area contributed by atoms with Gasteiger partial charge >= 0.3 is 41.5 Å². The van der Waals surface area contributed by atoms with E-state index in [0.29, 0.717) is 0 Å². The Balaban J connectivity index is 0. The van der Waals surface area contributed by atoms with E-state index < -0.39 is 23.6 Å². The third-order valence-corrected chi connectivity index (χ3v) is 3.11. The predicted octanol–water partition coefficient (Wildman–Crippen LogP) is 0.140. The summed E-state index contributed by atoms with van der Waals surface area (Å²) in [6, 6.07) is 9.63. The van der Waals surface area contributed by atoms with Crippen molar-refractivity contribution in [2.24, 2.45) is 17.0 Å². The number of Topliss-reactive ketones (excluding diaryl/α,β-unsaturated/α-hetero) is 1. The molecule has 0 bridgehead atoms. The smallest absolute Gasteiger partial charge is 1.00 e. The molecule has 136 valence electrons. The average molecular weight is 369 g/mol. The molecule has 1 rings (SSSR count). The Morgan fingerprint density at radius 3 is 2.19 bits per heavy atom. The van der Waals surface area contributed by atoms with Gasteiger partial charge in [-0.25, -0.2) is 9.59 Å². The van der Waals surface area contributed by atoms with Crippen LogP contribution in [-0.4, -0.2) is 30.0 Å². The van der Waals surface area contributed by atoms with E-state index in [2.05, 4.69) is 9.89 Å². The second-order valence-corrected chi connectivity index (χ2v) is 5.94. The van der Waals surface area contributed by atoms with Crippen molar-refractivity contribution in [3.63, 3.8) is 0 Å². The number of esters is 2. The van der Waals surface area contributed by atoms with Gasteiger partial charge in [-0.05, 0) is 11.6 Å². The van der Waals surface area contributed by atoms with Crippen LogP contribution in [0, 0.1) is 11.8 Å². The van der Waals surface area contributed by atoms with Gasteiger partial charge < -0.3 is 11.0 Å². The summed E-state index contributed by atoms with van der Waals surface area (Å²) < 4.78 is 4.57. The van der Waals surface area contributed by atoms with Gasteiger partial charge in [-0.1, -0.05) is 69.3 Å². The summed E-state index contributed by atoms with van der Waals surface area (Å²) in [5.41, 5.74) is 0.953. The number of carbonyl (C=O) groups is 3. The van der Waals surface area contributed by atoms with Crippen molar-refractivity contribution in [3.05, 3.63) is 42.0 Å². The number of nitrogens with zero attached hydrogens (tertiary/aromatic N) is 1. The second kappa shape index (κ2) is 12.6. The van der Waals surface area contributed by atoms with Crippen LogP contribution in [0.25, 0.3) is 6.08 Å². The van der Waals surface area contributed by atoms with Crippen molar-refractivity contribution < 1.29 is 54.9 Å². The van der Waals surface area contributed by atoms with Crippen LogP contribution in [0.2, 0.25) is 0 Å². The molecule has 0 amide bonds. The SMILES string of the molecule is CC(C)C(=O)C(=O)OC(=O)C(=NOC/C=C/c1ccccc1)C(C)C.[H-].[Na+]. The largest absolute Gasteiger partial charge is 1.00 e. The first-order valence-electron chi connectivity index (χ1n) is 8.04. The van der Waals surface area contributed by atoms with Gasteiger partial charge in [0.1, 0.15) is 6.61 Å². The van der Waals surface area contributed by atoms with Gasteiger partial charge in [0.15, 0.2) is 5.71 Å². The molecule has 6 nitrogen and oxygen atoms in total. The van der Waals surface area contributed by atoms with E-state index in [9.17, 15) is 14.4 Å². The second-order valence-electron chi connectivity index (χ2n) is 5.94. The zero-order valence-corrected chi connectivity index (χ0v) is 17.9.